The van der Waals surface area contributed by atoms with Crippen molar-refractivity contribution in [2.24, 2.45) is 5.92 Å². The average molecular weight is 453 g/mol. The Hall–Kier alpha value is -3.61. The van der Waals surface area contributed by atoms with E-state index in [1.807, 2.05) is 13.8 Å². The summed E-state index contributed by atoms with van der Waals surface area (Å²) in [7, 11) is 0. The van der Waals surface area contributed by atoms with Crippen molar-refractivity contribution in [1.82, 2.24) is 24.4 Å². The van der Waals surface area contributed by atoms with E-state index in [2.05, 4.69) is 16.5 Å². The van der Waals surface area contributed by atoms with Gasteiger partial charge in [0.25, 0.3) is 11.5 Å². The number of nitriles is 1. The lowest BCUT2D eigenvalue weighted by molar-refractivity contribution is -0.125. The number of nitrogens with one attached hydrogen (secondary N) is 1. The van der Waals surface area contributed by atoms with Crippen molar-refractivity contribution >= 4 is 23.5 Å². The molecule has 2 N–H and O–H groups in total. The minimum absolute atomic E-state index is 0.0252. The van der Waals surface area contributed by atoms with E-state index in [1.54, 1.807) is 13.0 Å². The molecule has 0 aromatic carbocycles. The third-order valence-corrected chi connectivity index (χ3v) is 5.99. The number of aryl methyl sites for hydroxylation is 1. The van der Waals surface area contributed by atoms with Gasteiger partial charge in [0.15, 0.2) is 5.56 Å². The van der Waals surface area contributed by atoms with E-state index in [9.17, 15) is 24.8 Å². The van der Waals surface area contributed by atoms with Crippen LogP contribution in [0.4, 0.5) is 0 Å². The van der Waals surface area contributed by atoms with Crippen molar-refractivity contribution in [3.05, 3.63) is 33.3 Å². The van der Waals surface area contributed by atoms with E-state index in [-0.39, 0.29) is 23.4 Å². The van der Waals surface area contributed by atoms with Crippen LogP contribution in [0.15, 0.2) is 10.9 Å². The minimum atomic E-state index is -0.709. The number of hydrogen-bond acceptors (Lipinski definition) is 6. The summed E-state index contributed by atoms with van der Waals surface area (Å²) < 4.78 is 2.63. The van der Waals surface area contributed by atoms with E-state index in [0.717, 1.165) is 23.8 Å². The fourth-order valence-corrected chi connectivity index (χ4v) is 4.20. The molecule has 2 aliphatic rings. The standard InChI is InChI=1S/C23H28N6O4/c1-13(2)12-28-21-17(8-9-18(30)27-10-4-5-16(27)11-24)14(3)26-29(21)23(33)19(22(28)32)20(31)25-15-6-7-15/h8-9,13,15-16,32H,4-7,10,12H2,1-3H3,(H,25,31). The van der Waals surface area contributed by atoms with Crippen molar-refractivity contribution in [2.45, 2.75) is 65.1 Å². The van der Waals surface area contributed by atoms with Crippen LogP contribution >= 0.6 is 0 Å². The van der Waals surface area contributed by atoms with Crippen LogP contribution in [0.3, 0.4) is 0 Å². The zero-order valence-corrected chi connectivity index (χ0v) is 19.0. The molecule has 3 heterocycles. The molecule has 10 nitrogen and oxygen atoms in total. The fraction of sp³-hybridized carbons (Fsp3) is 0.522. The summed E-state index contributed by atoms with van der Waals surface area (Å²) in [6.45, 7) is 6.46. The molecule has 1 saturated carbocycles. The summed E-state index contributed by atoms with van der Waals surface area (Å²) in [5.74, 6) is -1.22. The molecular formula is C23H28N6O4. The summed E-state index contributed by atoms with van der Waals surface area (Å²) in [6.07, 6.45) is 6.06. The number of nitrogens with zero attached hydrogens (tertiary/aromatic N) is 5. The van der Waals surface area contributed by atoms with Crippen molar-refractivity contribution in [2.75, 3.05) is 6.54 Å². The van der Waals surface area contributed by atoms with E-state index in [4.69, 9.17) is 0 Å². The molecule has 1 aliphatic heterocycles. The Bertz CT molecular complexity index is 1240. The van der Waals surface area contributed by atoms with Crippen molar-refractivity contribution in [1.29, 1.82) is 5.26 Å². The Morgan fingerprint density at radius 2 is 2.06 bits per heavy atom. The summed E-state index contributed by atoms with van der Waals surface area (Å²) in [6, 6.07) is 1.73. The van der Waals surface area contributed by atoms with Gasteiger partial charge in [0.05, 0.1) is 11.8 Å². The molecule has 2 aromatic rings. The number of aromatic nitrogens is 3. The highest BCUT2D eigenvalue weighted by molar-refractivity contribution is 5.97. The number of fused-ring (bicyclic) bond motifs is 1. The normalized spacial score (nSPS) is 18.4. The first-order valence-electron chi connectivity index (χ1n) is 11.3. The van der Waals surface area contributed by atoms with Crippen molar-refractivity contribution in [3.8, 4) is 11.9 Å². The largest absolute Gasteiger partial charge is 0.494 e. The Labute approximate surface area is 191 Å². The zero-order chi connectivity index (χ0) is 23.9. The van der Waals surface area contributed by atoms with E-state index in [0.29, 0.717) is 36.4 Å². The van der Waals surface area contributed by atoms with Gasteiger partial charge in [0.1, 0.15) is 11.7 Å². The van der Waals surface area contributed by atoms with Crippen LogP contribution in [0.2, 0.25) is 0 Å². The van der Waals surface area contributed by atoms with Crippen LogP contribution in [-0.2, 0) is 11.3 Å². The fourth-order valence-electron chi connectivity index (χ4n) is 4.20. The van der Waals surface area contributed by atoms with E-state index < -0.39 is 23.4 Å². The number of rotatable bonds is 6. The molecule has 10 heteroatoms. The van der Waals surface area contributed by atoms with Gasteiger partial charge in [0.2, 0.25) is 11.8 Å². The summed E-state index contributed by atoms with van der Waals surface area (Å²) in [5.41, 5.74) is 0.246. The molecule has 1 atom stereocenters. The first kappa shape index (κ1) is 22.6. The van der Waals surface area contributed by atoms with E-state index in [1.165, 1.54) is 15.5 Å². The van der Waals surface area contributed by atoms with Gasteiger partial charge in [-0.15, -0.1) is 0 Å². The Morgan fingerprint density at radius 3 is 2.70 bits per heavy atom. The van der Waals surface area contributed by atoms with Crippen LogP contribution in [0.25, 0.3) is 11.7 Å². The maximum Gasteiger partial charge on any atom is 0.291 e. The highest BCUT2D eigenvalue weighted by Crippen LogP contribution is 2.26. The molecule has 2 fully saturated rings. The van der Waals surface area contributed by atoms with Crippen LogP contribution in [0.1, 0.15) is 61.1 Å². The molecule has 2 aromatic heterocycles. The lowest BCUT2D eigenvalue weighted by atomic mass is 10.1. The third-order valence-electron chi connectivity index (χ3n) is 5.99. The quantitative estimate of drug-likeness (QED) is 0.640. The van der Waals surface area contributed by atoms with Crippen LogP contribution in [0, 0.1) is 24.2 Å². The molecule has 1 aliphatic carbocycles. The molecule has 33 heavy (non-hydrogen) atoms. The van der Waals surface area contributed by atoms with Crippen molar-refractivity contribution < 1.29 is 14.7 Å². The molecule has 2 amide bonds. The van der Waals surface area contributed by atoms with Gasteiger partial charge >= 0.3 is 0 Å². The molecule has 0 bridgehead atoms. The lowest BCUT2D eigenvalue weighted by Gasteiger charge is -2.18. The van der Waals surface area contributed by atoms with Gasteiger partial charge in [-0.3, -0.25) is 19.0 Å². The molecular weight excluding hydrogens is 424 g/mol. The van der Waals surface area contributed by atoms with Gasteiger partial charge in [0, 0.05) is 30.8 Å². The first-order valence-corrected chi connectivity index (χ1v) is 11.3. The number of likely N-dealkylation sites (tertiary alicyclic amines) is 1. The molecule has 174 valence electrons. The molecule has 0 spiro atoms. The summed E-state index contributed by atoms with van der Waals surface area (Å²) in [5, 5.41) is 27.3. The number of aromatic hydroxyl groups is 1. The van der Waals surface area contributed by atoms with E-state index >= 15 is 0 Å². The molecule has 1 unspecified atom stereocenters. The topological polar surface area (TPSA) is 133 Å². The second kappa shape index (κ2) is 8.73. The van der Waals surface area contributed by atoms with Gasteiger partial charge in [-0.25, -0.2) is 0 Å². The highest BCUT2D eigenvalue weighted by atomic mass is 16.3. The summed E-state index contributed by atoms with van der Waals surface area (Å²) >= 11 is 0. The maximum atomic E-state index is 13.2. The Kier molecular flexibility index (Phi) is 5.97. The highest BCUT2D eigenvalue weighted by Gasteiger charge is 2.31. The first-order chi connectivity index (χ1) is 15.7. The minimum Gasteiger partial charge on any atom is -0.494 e. The Balaban J connectivity index is 1.82. The molecule has 4 rings (SSSR count). The maximum absolute atomic E-state index is 13.2. The van der Waals surface area contributed by atoms with Crippen LogP contribution in [-0.4, -0.2) is 54.6 Å². The summed E-state index contributed by atoms with van der Waals surface area (Å²) in [4.78, 5) is 40.1. The smallest absolute Gasteiger partial charge is 0.291 e. The van der Waals surface area contributed by atoms with Crippen LogP contribution in [0.5, 0.6) is 5.88 Å². The predicted octanol–water partition coefficient (Wildman–Crippen LogP) is 1.59. The van der Waals surface area contributed by atoms with Crippen molar-refractivity contribution in [3.63, 3.8) is 0 Å². The van der Waals surface area contributed by atoms with Gasteiger partial charge < -0.3 is 15.3 Å². The van der Waals surface area contributed by atoms with Crippen LogP contribution < -0.4 is 10.9 Å². The average Bonchev–Trinajstić information content (AvgIpc) is 3.32. The molecule has 0 radical (unpaired) electrons. The van der Waals surface area contributed by atoms with Gasteiger partial charge in [-0.05, 0) is 44.6 Å². The third kappa shape index (κ3) is 4.23. The predicted molar refractivity (Wildman–Crippen MR) is 121 cm³/mol. The monoisotopic (exact) mass is 452 g/mol. The van der Waals surface area contributed by atoms with Gasteiger partial charge in [-0.2, -0.15) is 14.9 Å². The number of amides is 2. The zero-order valence-electron chi connectivity index (χ0n) is 19.0. The Morgan fingerprint density at radius 1 is 1.33 bits per heavy atom. The molecule has 1 saturated heterocycles. The second-order valence-corrected chi connectivity index (χ2v) is 9.14. The number of carbonyl (C=O) groups is 2. The SMILES string of the molecule is Cc1nn2c(=O)c(C(=O)NC3CC3)c(O)n(CC(C)C)c2c1C=CC(=O)N1CCCC1C#N. The second-order valence-electron chi connectivity index (χ2n) is 9.14. The number of hydrogen-bond donors (Lipinski definition) is 2. The van der Waals surface area contributed by atoms with Gasteiger partial charge in [-0.1, -0.05) is 13.8 Å². The lowest BCUT2D eigenvalue weighted by Crippen LogP contribution is -2.34. The number of carbonyl (C=O) groups excluding carboxylic acids is 2.